The Morgan fingerprint density at radius 3 is 2.23 bits per heavy atom. The van der Waals surface area contributed by atoms with E-state index in [-0.39, 0.29) is 17.9 Å². The van der Waals surface area contributed by atoms with E-state index in [1.807, 2.05) is 36.1 Å². The van der Waals surface area contributed by atoms with Crippen molar-refractivity contribution < 1.29 is 4.79 Å². The molecule has 0 atom stereocenters. The second kappa shape index (κ2) is 9.45. The summed E-state index contributed by atoms with van der Waals surface area (Å²) in [6.45, 7) is 14.0. The third-order valence-corrected chi connectivity index (χ3v) is 5.23. The highest BCUT2D eigenvalue weighted by atomic mass is 16.2. The van der Waals surface area contributed by atoms with Crippen LogP contribution in [-0.4, -0.2) is 43.2 Å². The zero-order chi connectivity index (χ0) is 22.7. The lowest BCUT2D eigenvalue weighted by Crippen LogP contribution is -2.38. The Labute approximate surface area is 183 Å². The van der Waals surface area contributed by atoms with Crippen LogP contribution in [0, 0.1) is 25.7 Å². The van der Waals surface area contributed by atoms with Crippen molar-refractivity contribution in [1.29, 1.82) is 0 Å². The van der Waals surface area contributed by atoms with Crippen molar-refractivity contribution in [2.75, 3.05) is 13.1 Å². The third kappa shape index (κ3) is 5.21. The van der Waals surface area contributed by atoms with Crippen molar-refractivity contribution in [2.45, 2.75) is 54.5 Å². The Morgan fingerprint density at radius 2 is 1.65 bits per heavy atom. The Morgan fingerprint density at radius 1 is 1.03 bits per heavy atom. The first kappa shape index (κ1) is 22.7. The zero-order valence-corrected chi connectivity index (χ0v) is 19.4. The summed E-state index contributed by atoms with van der Waals surface area (Å²) in [5.41, 5.74) is 2.39. The molecule has 0 bridgehead atoms. The van der Waals surface area contributed by atoms with Crippen LogP contribution in [0.1, 0.15) is 45.5 Å². The SMILES string of the molecule is Cc1ccc(-n2ncc3c(=O)n(CCC(=O)N(CC(C)C)CC(C)C)c(C)nc32)cc1. The van der Waals surface area contributed by atoms with Gasteiger partial charge in [0.1, 0.15) is 11.2 Å². The summed E-state index contributed by atoms with van der Waals surface area (Å²) in [7, 11) is 0. The van der Waals surface area contributed by atoms with Crippen LogP contribution in [-0.2, 0) is 11.3 Å². The summed E-state index contributed by atoms with van der Waals surface area (Å²) in [5.74, 6) is 1.46. The van der Waals surface area contributed by atoms with Gasteiger partial charge in [-0.2, -0.15) is 5.10 Å². The normalized spacial score (nSPS) is 11.6. The summed E-state index contributed by atoms with van der Waals surface area (Å²) < 4.78 is 3.27. The first-order valence-corrected chi connectivity index (χ1v) is 11.0. The van der Waals surface area contributed by atoms with Crippen LogP contribution in [0.3, 0.4) is 0 Å². The molecule has 2 aromatic heterocycles. The summed E-state index contributed by atoms with van der Waals surface area (Å²) >= 11 is 0. The number of carbonyl (C=O) groups excluding carboxylic acids is 1. The summed E-state index contributed by atoms with van der Waals surface area (Å²) in [5, 5.41) is 4.85. The first-order chi connectivity index (χ1) is 14.7. The van der Waals surface area contributed by atoms with E-state index in [0.717, 1.165) is 24.3 Å². The molecule has 0 aliphatic rings. The fourth-order valence-corrected chi connectivity index (χ4v) is 3.77. The third-order valence-electron chi connectivity index (χ3n) is 5.23. The van der Waals surface area contributed by atoms with Crippen LogP contribution >= 0.6 is 0 Å². The van der Waals surface area contributed by atoms with Gasteiger partial charge in [0.05, 0.1) is 11.9 Å². The predicted octanol–water partition coefficient (Wildman–Crippen LogP) is 3.73. The molecule has 7 nitrogen and oxygen atoms in total. The van der Waals surface area contributed by atoms with Gasteiger partial charge >= 0.3 is 0 Å². The molecule has 0 saturated carbocycles. The van der Waals surface area contributed by atoms with E-state index in [1.165, 1.54) is 0 Å². The van der Waals surface area contributed by atoms with E-state index in [2.05, 4.69) is 37.8 Å². The lowest BCUT2D eigenvalue weighted by atomic mass is 10.1. The van der Waals surface area contributed by atoms with E-state index in [4.69, 9.17) is 0 Å². The first-order valence-electron chi connectivity index (χ1n) is 11.0. The minimum Gasteiger partial charge on any atom is -0.342 e. The van der Waals surface area contributed by atoms with Gasteiger partial charge in [-0.15, -0.1) is 0 Å². The smallest absolute Gasteiger partial charge is 0.264 e. The van der Waals surface area contributed by atoms with Crippen LogP contribution in [0.2, 0.25) is 0 Å². The van der Waals surface area contributed by atoms with Gasteiger partial charge < -0.3 is 4.90 Å². The van der Waals surface area contributed by atoms with Crippen molar-refractivity contribution in [2.24, 2.45) is 11.8 Å². The number of hydrogen-bond donors (Lipinski definition) is 0. The number of fused-ring (bicyclic) bond motifs is 1. The Bertz CT molecular complexity index is 1100. The van der Waals surface area contributed by atoms with Gasteiger partial charge in [-0.05, 0) is 37.8 Å². The summed E-state index contributed by atoms with van der Waals surface area (Å²) in [6, 6.07) is 7.92. The molecule has 1 aromatic carbocycles. The zero-order valence-electron chi connectivity index (χ0n) is 19.4. The Kier molecular flexibility index (Phi) is 6.93. The maximum absolute atomic E-state index is 13.1. The highest BCUT2D eigenvalue weighted by molar-refractivity contribution is 5.77. The predicted molar refractivity (Wildman–Crippen MR) is 123 cm³/mol. The van der Waals surface area contributed by atoms with Crippen LogP contribution in [0.25, 0.3) is 16.7 Å². The van der Waals surface area contributed by atoms with Gasteiger partial charge in [-0.25, -0.2) is 9.67 Å². The molecule has 0 saturated heterocycles. The number of rotatable bonds is 8. The molecular formula is C24H33N5O2. The van der Waals surface area contributed by atoms with Gasteiger partial charge in [0.15, 0.2) is 5.65 Å². The van der Waals surface area contributed by atoms with Crippen molar-refractivity contribution >= 4 is 16.9 Å². The Balaban J connectivity index is 1.85. The molecule has 7 heteroatoms. The molecule has 166 valence electrons. The van der Waals surface area contributed by atoms with Crippen LogP contribution in [0.15, 0.2) is 35.3 Å². The second-order valence-corrected chi connectivity index (χ2v) is 9.08. The second-order valence-electron chi connectivity index (χ2n) is 9.08. The number of carbonyl (C=O) groups is 1. The molecule has 0 unspecified atom stereocenters. The maximum Gasteiger partial charge on any atom is 0.264 e. The summed E-state index contributed by atoms with van der Waals surface area (Å²) in [4.78, 5) is 32.6. The molecule has 0 radical (unpaired) electrons. The maximum atomic E-state index is 13.1. The molecule has 0 aliphatic heterocycles. The molecular weight excluding hydrogens is 390 g/mol. The molecule has 0 aliphatic carbocycles. The van der Waals surface area contributed by atoms with Crippen LogP contribution < -0.4 is 5.56 Å². The van der Waals surface area contributed by atoms with E-state index in [9.17, 15) is 9.59 Å². The molecule has 1 amide bonds. The highest BCUT2D eigenvalue weighted by Gasteiger charge is 2.18. The number of hydrogen-bond acceptors (Lipinski definition) is 4. The average Bonchev–Trinajstić information content (AvgIpc) is 3.11. The minimum atomic E-state index is -0.159. The number of nitrogens with zero attached hydrogens (tertiary/aromatic N) is 5. The number of aromatic nitrogens is 4. The monoisotopic (exact) mass is 423 g/mol. The minimum absolute atomic E-state index is 0.0733. The summed E-state index contributed by atoms with van der Waals surface area (Å²) in [6.07, 6.45) is 1.84. The topological polar surface area (TPSA) is 73.0 Å². The molecule has 3 rings (SSSR count). The van der Waals surface area contributed by atoms with Crippen molar-refractivity contribution in [1.82, 2.24) is 24.2 Å². The average molecular weight is 424 g/mol. The molecule has 0 fully saturated rings. The fraction of sp³-hybridized carbons (Fsp3) is 0.500. The largest absolute Gasteiger partial charge is 0.342 e. The van der Waals surface area contributed by atoms with Crippen molar-refractivity contribution in [3.8, 4) is 5.69 Å². The van der Waals surface area contributed by atoms with Crippen molar-refractivity contribution in [3.63, 3.8) is 0 Å². The molecule has 0 N–H and O–H groups in total. The Hall–Kier alpha value is -2.96. The molecule has 0 spiro atoms. The van der Waals surface area contributed by atoms with E-state index in [0.29, 0.717) is 35.2 Å². The number of aryl methyl sites for hydroxylation is 2. The van der Waals surface area contributed by atoms with E-state index >= 15 is 0 Å². The molecule has 3 aromatic rings. The van der Waals surface area contributed by atoms with Gasteiger partial charge in [0, 0.05) is 26.1 Å². The fourth-order valence-electron chi connectivity index (χ4n) is 3.77. The van der Waals surface area contributed by atoms with E-state index in [1.54, 1.807) is 22.4 Å². The molecule has 2 heterocycles. The van der Waals surface area contributed by atoms with Crippen molar-refractivity contribution in [3.05, 3.63) is 52.2 Å². The standard InChI is InChI=1S/C24H33N5O2/c1-16(2)14-27(15-17(3)4)22(30)11-12-28-19(6)26-23-21(24(28)31)13-25-29(23)20-9-7-18(5)8-10-20/h7-10,13,16-17H,11-12,14-15H2,1-6H3. The van der Waals surface area contributed by atoms with Gasteiger partial charge in [-0.3, -0.25) is 14.2 Å². The quantitative estimate of drug-likeness (QED) is 0.553. The van der Waals surface area contributed by atoms with Gasteiger partial charge in [-0.1, -0.05) is 45.4 Å². The van der Waals surface area contributed by atoms with Crippen LogP contribution in [0.4, 0.5) is 0 Å². The van der Waals surface area contributed by atoms with Gasteiger partial charge in [0.25, 0.3) is 5.56 Å². The number of amides is 1. The van der Waals surface area contributed by atoms with Crippen LogP contribution in [0.5, 0.6) is 0 Å². The molecule has 31 heavy (non-hydrogen) atoms. The van der Waals surface area contributed by atoms with Gasteiger partial charge in [0.2, 0.25) is 5.91 Å². The lowest BCUT2D eigenvalue weighted by molar-refractivity contribution is -0.132. The highest BCUT2D eigenvalue weighted by Crippen LogP contribution is 2.15. The lowest BCUT2D eigenvalue weighted by Gasteiger charge is -2.26. The van der Waals surface area contributed by atoms with E-state index < -0.39 is 0 Å². The number of benzene rings is 1.